The van der Waals surface area contributed by atoms with Gasteiger partial charge in [0.1, 0.15) is 6.61 Å². The van der Waals surface area contributed by atoms with E-state index in [9.17, 15) is 4.79 Å². The Bertz CT molecular complexity index is 642. The highest BCUT2D eigenvalue weighted by molar-refractivity contribution is 5.98. The summed E-state index contributed by atoms with van der Waals surface area (Å²) in [7, 11) is 0. The summed E-state index contributed by atoms with van der Waals surface area (Å²) in [5.74, 6) is -0.334. The Kier molecular flexibility index (Phi) is 5.10. The van der Waals surface area contributed by atoms with Crippen LogP contribution in [-0.2, 0) is 11.2 Å². The summed E-state index contributed by atoms with van der Waals surface area (Å²) in [5, 5.41) is 0. The quantitative estimate of drug-likeness (QED) is 0.577. The van der Waals surface area contributed by atoms with Gasteiger partial charge in [-0.2, -0.15) is 0 Å². The van der Waals surface area contributed by atoms with Crippen LogP contribution in [0.2, 0.25) is 0 Å². The van der Waals surface area contributed by atoms with Crippen LogP contribution in [0.4, 0.5) is 0 Å². The number of carbonyl (C=O) groups is 1. The van der Waals surface area contributed by atoms with Crippen molar-refractivity contribution < 1.29 is 9.53 Å². The van der Waals surface area contributed by atoms with Crippen molar-refractivity contribution in [1.82, 2.24) is 0 Å². The van der Waals surface area contributed by atoms with E-state index < -0.39 is 0 Å². The molecule has 2 aromatic rings. The van der Waals surface area contributed by atoms with Crippen LogP contribution in [0.25, 0.3) is 11.1 Å². The Morgan fingerprint density at radius 3 is 2.43 bits per heavy atom. The first kappa shape index (κ1) is 14.8. The highest BCUT2D eigenvalue weighted by Crippen LogP contribution is 2.29. The van der Waals surface area contributed by atoms with E-state index in [0.29, 0.717) is 12.0 Å². The lowest BCUT2D eigenvalue weighted by molar-refractivity contribution is 0.0550. The van der Waals surface area contributed by atoms with E-state index in [-0.39, 0.29) is 12.6 Å². The van der Waals surface area contributed by atoms with Gasteiger partial charge in [-0.25, -0.2) is 4.79 Å². The van der Waals surface area contributed by atoms with Gasteiger partial charge in [0, 0.05) is 0 Å². The van der Waals surface area contributed by atoms with Crippen LogP contribution in [0.5, 0.6) is 0 Å². The minimum absolute atomic E-state index is 0.207. The SMILES string of the molecule is C=CCOC(=O)c1cccc(CC=C)c1-c1ccccc1. The molecule has 0 aliphatic heterocycles. The smallest absolute Gasteiger partial charge is 0.339 e. The molecule has 0 bridgehead atoms. The summed E-state index contributed by atoms with van der Waals surface area (Å²) in [6, 6.07) is 15.5. The van der Waals surface area contributed by atoms with Gasteiger partial charge in [0.15, 0.2) is 0 Å². The van der Waals surface area contributed by atoms with Gasteiger partial charge in [0.25, 0.3) is 0 Å². The van der Waals surface area contributed by atoms with E-state index in [4.69, 9.17) is 4.74 Å². The number of ether oxygens (including phenoxy) is 1. The molecule has 0 heterocycles. The van der Waals surface area contributed by atoms with Gasteiger partial charge >= 0.3 is 5.97 Å². The minimum Gasteiger partial charge on any atom is -0.458 e. The minimum atomic E-state index is -0.334. The summed E-state index contributed by atoms with van der Waals surface area (Å²) >= 11 is 0. The molecule has 0 aliphatic carbocycles. The molecule has 106 valence electrons. The van der Waals surface area contributed by atoms with E-state index in [0.717, 1.165) is 16.7 Å². The van der Waals surface area contributed by atoms with Crippen molar-refractivity contribution in [3.63, 3.8) is 0 Å². The van der Waals surface area contributed by atoms with Crippen LogP contribution >= 0.6 is 0 Å². The first-order chi connectivity index (χ1) is 10.3. The van der Waals surface area contributed by atoms with Crippen LogP contribution in [0, 0.1) is 0 Å². The predicted molar refractivity (Wildman–Crippen MR) is 86.3 cm³/mol. The highest BCUT2D eigenvalue weighted by atomic mass is 16.5. The number of carbonyl (C=O) groups excluding carboxylic acids is 1. The third-order valence-electron chi connectivity index (χ3n) is 3.13. The molecule has 0 N–H and O–H groups in total. The topological polar surface area (TPSA) is 26.3 Å². The summed E-state index contributed by atoms with van der Waals surface area (Å²) < 4.78 is 5.19. The lowest BCUT2D eigenvalue weighted by Crippen LogP contribution is -2.08. The molecule has 2 nitrogen and oxygen atoms in total. The largest absolute Gasteiger partial charge is 0.458 e. The Balaban J connectivity index is 2.54. The third-order valence-corrected chi connectivity index (χ3v) is 3.13. The van der Waals surface area contributed by atoms with Crippen molar-refractivity contribution in [1.29, 1.82) is 0 Å². The molecule has 0 aromatic heterocycles. The predicted octanol–water partition coefficient (Wildman–Crippen LogP) is 4.42. The molecule has 0 amide bonds. The molecule has 0 spiro atoms. The molecule has 0 radical (unpaired) electrons. The molecule has 0 aliphatic rings. The third kappa shape index (κ3) is 3.48. The number of rotatable bonds is 6. The zero-order chi connectivity index (χ0) is 15.1. The van der Waals surface area contributed by atoms with Crippen molar-refractivity contribution in [3.05, 3.63) is 85.0 Å². The van der Waals surface area contributed by atoms with Gasteiger partial charge in [-0.15, -0.1) is 6.58 Å². The van der Waals surface area contributed by atoms with Gasteiger partial charge in [0.05, 0.1) is 5.56 Å². The standard InChI is InChI=1S/C19H18O2/c1-3-9-15-12-8-13-17(19(20)21-14-4-2)18(15)16-10-6-5-7-11-16/h3-8,10-13H,1-2,9,14H2. The van der Waals surface area contributed by atoms with E-state index in [1.807, 2.05) is 48.5 Å². The first-order valence-electron chi connectivity index (χ1n) is 6.84. The van der Waals surface area contributed by atoms with E-state index in [1.54, 1.807) is 12.1 Å². The monoisotopic (exact) mass is 278 g/mol. The first-order valence-corrected chi connectivity index (χ1v) is 6.84. The normalized spacial score (nSPS) is 9.90. The number of hydrogen-bond acceptors (Lipinski definition) is 2. The molecular formula is C19H18O2. The van der Waals surface area contributed by atoms with Crippen molar-refractivity contribution in [2.45, 2.75) is 6.42 Å². The molecule has 21 heavy (non-hydrogen) atoms. The highest BCUT2D eigenvalue weighted by Gasteiger charge is 2.16. The van der Waals surface area contributed by atoms with Gasteiger partial charge in [-0.05, 0) is 29.2 Å². The second kappa shape index (κ2) is 7.25. The second-order valence-corrected chi connectivity index (χ2v) is 4.59. The fourth-order valence-electron chi connectivity index (χ4n) is 2.25. The number of hydrogen-bond donors (Lipinski definition) is 0. The lowest BCUT2D eigenvalue weighted by atomic mass is 9.93. The summed E-state index contributed by atoms with van der Waals surface area (Å²) in [5.41, 5.74) is 3.54. The zero-order valence-electron chi connectivity index (χ0n) is 11.9. The van der Waals surface area contributed by atoms with Crippen molar-refractivity contribution in [2.24, 2.45) is 0 Å². The van der Waals surface area contributed by atoms with Gasteiger partial charge in [0.2, 0.25) is 0 Å². The maximum Gasteiger partial charge on any atom is 0.339 e. The van der Waals surface area contributed by atoms with E-state index in [1.165, 1.54) is 0 Å². The average Bonchev–Trinajstić information content (AvgIpc) is 2.53. The van der Waals surface area contributed by atoms with Crippen LogP contribution in [0.3, 0.4) is 0 Å². The van der Waals surface area contributed by atoms with Gasteiger partial charge < -0.3 is 4.74 Å². The fourth-order valence-corrected chi connectivity index (χ4v) is 2.25. The molecule has 0 saturated heterocycles. The van der Waals surface area contributed by atoms with E-state index >= 15 is 0 Å². The maximum absolute atomic E-state index is 12.3. The molecule has 2 aromatic carbocycles. The van der Waals surface area contributed by atoms with Crippen LogP contribution in [0.15, 0.2) is 73.8 Å². The van der Waals surface area contributed by atoms with Gasteiger partial charge in [-0.3, -0.25) is 0 Å². The van der Waals surface area contributed by atoms with Crippen molar-refractivity contribution in [2.75, 3.05) is 6.61 Å². The lowest BCUT2D eigenvalue weighted by Gasteiger charge is -2.13. The van der Waals surface area contributed by atoms with Crippen LogP contribution < -0.4 is 0 Å². The van der Waals surface area contributed by atoms with Crippen molar-refractivity contribution >= 4 is 5.97 Å². The molecule has 0 saturated carbocycles. The fraction of sp³-hybridized carbons (Fsp3) is 0.105. The Morgan fingerprint density at radius 2 is 1.76 bits per heavy atom. The van der Waals surface area contributed by atoms with Crippen molar-refractivity contribution in [3.8, 4) is 11.1 Å². The molecular weight excluding hydrogens is 260 g/mol. The summed E-state index contributed by atoms with van der Waals surface area (Å²) in [4.78, 5) is 12.3. The Labute approximate surface area is 125 Å². The molecule has 0 fully saturated rings. The number of esters is 1. The second-order valence-electron chi connectivity index (χ2n) is 4.59. The molecule has 0 atom stereocenters. The summed E-state index contributed by atoms with van der Waals surface area (Å²) in [6.07, 6.45) is 4.10. The Hall–Kier alpha value is -2.61. The van der Waals surface area contributed by atoms with Crippen LogP contribution in [0.1, 0.15) is 15.9 Å². The van der Waals surface area contributed by atoms with Crippen LogP contribution in [-0.4, -0.2) is 12.6 Å². The molecule has 2 heteroatoms. The number of benzene rings is 2. The molecule has 2 rings (SSSR count). The Morgan fingerprint density at radius 1 is 1.00 bits per heavy atom. The van der Waals surface area contributed by atoms with Gasteiger partial charge in [-0.1, -0.05) is 61.2 Å². The summed E-state index contributed by atoms with van der Waals surface area (Å²) in [6.45, 7) is 7.56. The number of allylic oxidation sites excluding steroid dienone is 1. The van der Waals surface area contributed by atoms with E-state index in [2.05, 4.69) is 13.2 Å². The maximum atomic E-state index is 12.3. The average molecular weight is 278 g/mol. The molecule has 0 unspecified atom stereocenters. The zero-order valence-corrected chi connectivity index (χ0v) is 11.9.